The number of rotatable bonds is 8. The van der Waals surface area contributed by atoms with E-state index in [1.165, 1.54) is 50.5 Å². The van der Waals surface area contributed by atoms with Crippen LogP contribution in [-0.4, -0.2) is 48.2 Å². The first-order valence-electron chi connectivity index (χ1n) is 12.9. The summed E-state index contributed by atoms with van der Waals surface area (Å²) in [5.41, 5.74) is 5.38. The van der Waals surface area contributed by atoms with Gasteiger partial charge in [-0.25, -0.2) is 0 Å². The molecular formula is C28H41N3O2. The van der Waals surface area contributed by atoms with E-state index >= 15 is 0 Å². The van der Waals surface area contributed by atoms with Crippen molar-refractivity contribution in [1.29, 1.82) is 0 Å². The topological polar surface area (TPSA) is 46.5 Å². The molecule has 1 saturated heterocycles. The second kappa shape index (κ2) is 10.8. The summed E-state index contributed by atoms with van der Waals surface area (Å²) < 4.78 is 7.93. The number of carbonyl (C=O) groups is 1. The lowest BCUT2D eigenvalue weighted by Gasteiger charge is -2.25. The fraction of sp³-hybridized carbons (Fsp3) is 0.607. The average Bonchev–Trinajstić information content (AvgIpc) is 3.43. The quantitative estimate of drug-likeness (QED) is 0.570. The van der Waals surface area contributed by atoms with Crippen molar-refractivity contribution in [3.63, 3.8) is 0 Å². The minimum atomic E-state index is 0.0552. The number of likely N-dealkylation sites (N-methyl/N-ethyl adjacent to an activating group) is 1. The van der Waals surface area contributed by atoms with Crippen molar-refractivity contribution in [2.45, 2.75) is 78.3 Å². The van der Waals surface area contributed by atoms with Gasteiger partial charge in [-0.05, 0) is 82.3 Å². The number of amides is 1. The highest BCUT2D eigenvalue weighted by molar-refractivity contribution is 5.97. The van der Waals surface area contributed by atoms with E-state index in [0.717, 1.165) is 54.4 Å². The second-order valence-electron chi connectivity index (χ2n) is 9.96. The van der Waals surface area contributed by atoms with Crippen LogP contribution in [0.4, 0.5) is 0 Å². The van der Waals surface area contributed by atoms with Gasteiger partial charge in [0.2, 0.25) is 0 Å². The standard InChI is InChI=1S/C28H41N3O2/c1-5-30-15-9-12-23(30)18-29-28(32)26-17-27(25-16-24(33-4)14-13-20(25)2)31(21(26)3)19-22-10-7-6-8-11-22/h13-14,16-17,22-23H,5-12,15,18-19H2,1-4H3,(H,29,32). The van der Waals surface area contributed by atoms with E-state index < -0.39 is 0 Å². The smallest absolute Gasteiger partial charge is 0.253 e. The largest absolute Gasteiger partial charge is 0.497 e. The molecule has 5 heteroatoms. The van der Waals surface area contributed by atoms with Gasteiger partial charge >= 0.3 is 0 Å². The van der Waals surface area contributed by atoms with Crippen LogP contribution in [0.15, 0.2) is 24.3 Å². The number of hydrogen-bond acceptors (Lipinski definition) is 3. The van der Waals surface area contributed by atoms with E-state index in [-0.39, 0.29) is 5.91 Å². The molecule has 2 fully saturated rings. The summed E-state index contributed by atoms with van der Waals surface area (Å²) in [6.45, 7) is 10.4. The number of hydrogen-bond donors (Lipinski definition) is 1. The molecule has 1 N–H and O–H groups in total. The van der Waals surface area contributed by atoms with Crippen LogP contribution in [0.3, 0.4) is 0 Å². The van der Waals surface area contributed by atoms with E-state index in [1.807, 2.05) is 6.07 Å². The number of likely N-dealkylation sites (tertiary alicyclic amines) is 1. The Hall–Kier alpha value is -2.27. The summed E-state index contributed by atoms with van der Waals surface area (Å²) in [6.07, 6.45) is 8.96. The van der Waals surface area contributed by atoms with Crippen molar-refractivity contribution in [1.82, 2.24) is 14.8 Å². The predicted molar refractivity (Wildman–Crippen MR) is 135 cm³/mol. The molecule has 2 aliphatic rings. The summed E-state index contributed by atoms with van der Waals surface area (Å²) >= 11 is 0. The lowest BCUT2D eigenvalue weighted by atomic mass is 9.89. The molecule has 5 nitrogen and oxygen atoms in total. The number of aromatic nitrogens is 1. The van der Waals surface area contributed by atoms with Crippen molar-refractivity contribution in [3.05, 3.63) is 41.1 Å². The Balaban J connectivity index is 1.63. The van der Waals surface area contributed by atoms with Gasteiger partial charge in [0.25, 0.3) is 5.91 Å². The molecule has 1 atom stereocenters. The van der Waals surface area contributed by atoms with Crippen LogP contribution in [0, 0.1) is 19.8 Å². The first-order chi connectivity index (χ1) is 16.0. The number of nitrogens with zero attached hydrogens (tertiary/aromatic N) is 2. The predicted octanol–water partition coefficient (Wildman–Crippen LogP) is 5.57. The van der Waals surface area contributed by atoms with Gasteiger partial charge in [0.1, 0.15) is 5.75 Å². The number of methoxy groups -OCH3 is 1. The van der Waals surface area contributed by atoms with Gasteiger partial charge in [0.15, 0.2) is 0 Å². The molecule has 1 aromatic heterocycles. The summed E-state index contributed by atoms with van der Waals surface area (Å²) in [5.74, 6) is 1.59. The molecule has 4 rings (SSSR count). The molecular weight excluding hydrogens is 410 g/mol. The number of aryl methyl sites for hydroxylation is 1. The van der Waals surface area contributed by atoms with Gasteiger partial charge in [-0.15, -0.1) is 0 Å². The Bertz CT molecular complexity index is 958. The maximum Gasteiger partial charge on any atom is 0.253 e. The number of nitrogens with one attached hydrogen (secondary N) is 1. The molecule has 2 heterocycles. The van der Waals surface area contributed by atoms with Crippen molar-refractivity contribution < 1.29 is 9.53 Å². The fourth-order valence-corrected chi connectivity index (χ4v) is 5.81. The normalized spacial score (nSPS) is 19.7. The van der Waals surface area contributed by atoms with Crippen molar-refractivity contribution in [2.75, 3.05) is 26.7 Å². The Labute approximate surface area is 199 Å². The molecule has 0 spiro atoms. The van der Waals surface area contributed by atoms with Gasteiger partial charge in [-0.2, -0.15) is 0 Å². The second-order valence-corrected chi connectivity index (χ2v) is 9.96. The highest BCUT2D eigenvalue weighted by atomic mass is 16.5. The van der Waals surface area contributed by atoms with Gasteiger partial charge in [-0.3, -0.25) is 9.69 Å². The average molecular weight is 452 g/mol. The number of ether oxygens (including phenoxy) is 1. The SMILES string of the molecule is CCN1CCCC1CNC(=O)c1cc(-c2cc(OC)ccc2C)n(CC2CCCCC2)c1C. The molecule has 1 unspecified atom stereocenters. The Kier molecular flexibility index (Phi) is 7.79. The monoisotopic (exact) mass is 451 g/mol. The van der Waals surface area contributed by atoms with Crippen LogP contribution in [0.2, 0.25) is 0 Å². The van der Waals surface area contributed by atoms with Gasteiger partial charge in [-0.1, -0.05) is 32.3 Å². The zero-order chi connectivity index (χ0) is 23.4. The van der Waals surface area contributed by atoms with Crippen LogP contribution in [-0.2, 0) is 6.54 Å². The van der Waals surface area contributed by atoms with E-state index in [4.69, 9.17) is 4.74 Å². The fourth-order valence-electron chi connectivity index (χ4n) is 5.81. The third kappa shape index (κ3) is 5.29. The Morgan fingerprint density at radius 3 is 2.61 bits per heavy atom. The van der Waals surface area contributed by atoms with Crippen LogP contribution >= 0.6 is 0 Å². The lowest BCUT2D eigenvalue weighted by Crippen LogP contribution is -2.40. The maximum atomic E-state index is 13.3. The number of carbonyl (C=O) groups excluding carboxylic acids is 1. The first-order valence-corrected chi connectivity index (χ1v) is 12.9. The van der Waals surface area contributed by atoms with Crippen LogP contribution < -0.4 is 10.1 Å². The molecule has 33 heavy (non-hydrogen) atoms. The molecule has 1 saturated carbocycles. The van der Waals surface area contributed by atoms with Crippen LogP contribution in [0.25, 0.3) is 11.3 Å². The van der Waals surface area contributed by atoms with Gasteiger partial charge < -0.3 is 14.6 Å². The highest BCUT2D eigenvalue weighted by Crippen LogP contribution is 2.34. The Morgan fingerprint density at radius 1 is 1.09 bits per heavy atom. The molecule has 1 aliphatic carbocycles. The summed E-state index contributed by atoms with van der Waals surface area (Å²) in [5, 5.41) is 3.26. The van der Waals surface area contributed by atoms with Crippen molar-refractivity contribution in [2.24, 2.45) is 5.92 Å². The van der Waals surface area contributed by atoms with Gasteiger partial charge in [0.05, 0.1) is 12.7 Å². The van der Waals surface area contributed by atoms with Crippen molar-refractivity contribution >= 4 is 5.91 Å². The molecule has 0 radical (unpaired) electrons. The highest BCUT2D eigenvalue weighted by Gasteiger charge is 2.26. The summed E-state index contributed by atoms with van der Waals surface area (Å²) in [4.78, 5) is 15.8. The van der Waals surface area contributed by atoms with E-state index in [0.29, 0.717) is 12.0 Å². The van der Waals surface area contributed by atoms with Crippen LogP contribution in [0.1, 0.15) is 73.5 Å². The minimum Gasteiger partial charge on any atom is -0.497 e. The van der Waals surface area contributed by atoms with Gasteiger partial charge in [0, 0.05) is 36.1 Å². The zero-order valence-corrected chi connectivity index (χ0v) is 21.0. The van der Waals surface area contributed by atoms with E-state index in [2.05, 4.69) is 53.8 Å². The van der Waals surface area contributed by atoms with Crippen LogP contribution in [0.5, 0.6) is 5.75 Å². The Morgan fingerprint density at radius 2 is 1.88 bits per heavy atom. The third-order valence-electron chi connectivity index (χ3n) is 7.90. The lowest BCUT2D eigenvalue weighted by molar-refractivity contribution is 0.0940. The molecule has 180 valence electrons. The van der Waals surface area contributed by atoms with E-state index in [1.54, 1.807) is 7.11 Å². The van der Waals surface area contributed by atoms with E-state index in [9.17, 15) is 4.79 Å². The first kappa shape index (κ1) is 23.9. The molecule has 0 bridgehead atoms. The minimum absolute atomic E-state index is 0.0552. The molecule has 1 amide bonds. The summed E-state index contributed by atoms with van der Waals surface area (Å²) in [7, 11) is 1.71. The summed E-state index contributed by atoms with van der Waals surface area (Å²) in [6, 6.07) is 8.81. The number of benzene rings is 1. The molecule has 1 aromatic carbocycles. The molecule has 2 aromatic rings. The maximum absolute atomic E-state index is 13.3. The molecule has 1 aliphatic heterocycles. The van der Waals surface area contributed by atoms with Crippen molar-refractivity contribution in [3.8, 4) is 17.0 Å². The zero-order valence-electron chi connectivity index (χ0n) is 21.0. The third-order valence-corrected chi connectivity index (χ3v) is 7.90.